The number of halogens is 1. The van der Waals surface area contributed by atoms with E-state index in [1.165, 1.54) is 18.2 Å². The Morgan fingerprint density at radius 2 is 1.90 bits per heavy atom. The van der Waals surface area contributed by atoms with Gasteiger partial charge in [-0.15, -0.1) is 0 Å². The van der Waals surface area contributed by atoms with Gasteiger partial charge in [-0.2, -0.15) is 0 Å². The van der Waals surface area contributed by atoms with E-state index in [4.69, 9.17) is 21.1 Å². The highest BCUT2D eigenvalue weighted by Gasteiger charge is 2.22. The average Bonchev–Trinajstić information content (AvgIpc) is 2.96. The van der Waals surface area contributed by atoms with Crippen LogP contribution < -0.4 is 14.8 Å². The minimum atomic E-state index is -0.540. The molecule has 0 spiro atoms. The van der Waals surface area contributed by atoms with E-state index in [-0.39, 0.29) is 28.2 Å². The molecule has 1 aromatic heterocycles. The molecule has 1 amide bonds. The monoisotopic (exact) mass is 562 g/mol. The maximum absolute atomic E-state index is 13.6. The minimum Gasteiger partial charge on any atom is -0.497 e. The maximum Gasteiger partial charge on any atom is 0.270 e. The van der Waals surface area contributed by atoms with E-state index < -0.39 is 4.92 Å². The van der Waals surface area contributed by atoms with Crippen LogP contribution in [-0.2, 0) is 6.54 Å². The van der Waals surface area contributed by atoms with Crippen molar-refractivity contribution in [1.82, 2.24) is 9.88 Å². The molecule has 1 N–H and O–H groups in total. The number of nitro benzene ring substituents is 1. The quantitative estimate of drug-likeness (QED) is 0.150. The van der Waals surface area contributed by atoms with E-state index in [0.29, 0.717) is 25.3 Å². The number of ether oxygens (including phenoxy) is 2. The number of carbonyl (C=O) groups excluding carboxylic acids is 1. The first-order chi connectivity index (χ1) is 19.3. The molecule has 4 aromatic rings. The molecule has 208 valence electrons. The van der Waals surface area contributed by atoms with E-state index in [9.17, 15) is 14.9 Å². The molecule has 0 radical (unpaired) electrons. The SMILES string of the molecule is COc1cc(NC(C)CCCN(Cc2ccccc2OC)C(=O)c2ccc([N+](=O)[O-])cc2Cl)c2ncccc2c1. The molecule has 0 bridgehead atoms. The molecule has 9 nitrogen and oxygen atoms in total. The van der Waals surface area contributed by atoms with Gasteiger partial charge in [0.15, 0.2) is 0 Å². The van der Waals surface area contributed by atoms with Crippen molar-refractivity contribution in [2.75, 3.05) is 26.1 Å². The Morgan fingerprint density at radius 1 is 1.10 bits per heavy atom. The van der Waals surface area contributed by atoms with Crippen LogP contribution in [0.3, 0.4) is 0 Å². The fraction of sp³-hybridized carbons (Fsp3) is 0.267. The van der Waals surface area contributed by atoms with Crippen LogP contribution in [0.1, 0.15) is 35.7 Å². The first-order valence-corrected chi connectivity index (χ1v) is 13.2. The van der Waals surface area contributed by atoms with Crippen molar-refractivity contribution in [2.24, 2.45) is 0 Å². The van der Waals surface area contributed by atoms with Crippen molar-refractivity contribution in [2.45, 2.75) is 32.4 Å². The van der Waals surface area contributed by atoms with Crippen LogP contribution in [0.15, 0.2) is 72.9 Å². The number of anilines is 1. The Balaban J connectivity index is 1.50. The van der Waals surface area contributed by atoms with Crippen molar-refractivity contribution in [1.29, 1.82) is 0 Å². The van der Waals surface area contributed by atoms with Gasteiger partial charge in [-0.05, 0) is 44.0 Å². The van der Waals surface area contributed by atoms with Crippen molar-refractivity contribution >= 4 is 39.8 Å². The number of amides is 1. The molecule has 10 heteroatoms. The summed E-state index contributed by atoms with van der Waals surface area (Å²) >= 11 is 6.32. The normalized spacial score (nSPS) is 11.6. The predicted octanol–water partition coefficient (Wildman–Crippen LogP) is 6.74. The molecule has 1 atom stereocenters. The molecule has 1 heterocycles. The van der Waals surface area contributed by atoms with Gasteiger partial charge < -0.3 is 19.7 Å². The molecule has 40 heavy (non-hydrogen) atoms. The summed E-state index contributed by atoms with van der Waals surface area (Å²) in [6.45, 7) is 2.81. The van der Waals surface area contributed by atoms with Crippen LogP contribution in [0.2, 0.25) is 5.02 Å². The zero-order valence-corrected chi connectivity index (χ0v) is 23.4. The molecular weight excluding hydrogens is 532 g/mol. The topological polar surface area (TPSA) is 107 Å². The van der Waals surface area contributed by atoms with Crippen molar-refractivity contribution in [3.63, 3.8) is 0 Å². The Morgan fingerprint density at radius 3 is 2.62 bits per heavy atom. The molecule has 0 aliphatic rings. The number of pyridine rings is 1. The number of fused-ring (bicyclic) bond motifs is 1. The number of hydrogen-bond donors (Lipinski definition) is 1. The van der Waals surface area contributed by atoms with Gasteiger partial charge in [-0.3, -0.25) is 19.9 Å². The molecule has 1 unspecified atom stereocenters. The molecule has 0 aliphatic carbocycles. The zero-order valence-electron chi connectivity index (χ0n) is 22.6. The fourth-order valence-electron chi connectivity index (χ4n) is 4.57. The number of hydrogen-bond acceptors (Lipinski definition) is 7. The lowest BCUT2D eigenvalue weighted by Gasteiger charge is -2.25. The lowest BCUT2D eigenvalue weighted by atomic mass is 10.1. The summed E-state index contributed by atoms with van der Waals surface area (Å²) in [6.07, 6.45) is 3.21. The third kappa shape index (κ3) is 6.79. The number of benzene rings is 3. The third-order valence-corrected chi connectivity index (χ3v) is 6.93. The molecule has 0 fully saturated rings. The number of non-ortho nitro benzene ring substituents is 1. The van der Waals surface area contributed by atoms with Gasteiger partial charge in [0.25, 0.3) is 11.6 Å². The lowest BCUT2D eigenvalue weighted by molar-refractivity contribution is -0.384. The van der Waals surface area contributed by atoms with E-state index in [0.717, 1.165) is 34.3 Å². The van der Waals surface area contributed by atoms with Gasteiger partial charge in [0.1, 0.15) is 11.5 Å². The Kier molecular flexibility index (Phi) is 9.39. The van der Waals surface area contributed by atoms with Crippen LogP contribution in [0.4, 0.5) is 11.4 Å². The van der Waals surface area contributed by atoms with E-state index in [1.807, 2.05) is 48.5 Å². The van der Waals surface area contributed by atoms with E-state index in [1.54, 1.807) is 25.3 Å². The summed E-state index contributed by atoms with van der Waals surface area (Å²) in [7, 11) is 3.22. The standard InChI is InChI=1S/C30H31ClN4O5/c1-20(33-27-18-24(39-2)16-21-10-6-14-32-29(21)27)8-7-15-34(19-22-9-4-5-11-28(22)40-3)30(36)25-13-12-23(35(37)38)17-26(25)31/h4-6,9-14,16-18,20,33H,7-8,15,19H2,1-3H3. The average molecular weight is 563 g/mol. The smallest absolute Gasteiger partial charge is 0.270 e. The number of para-hydroxylation sites is 1. The first kappa shape index (κ1) is 28.6. The van der Waals surface area contributed by atoms with Crippen LogP contribution in [0, 0.1) is 10.1 Å². The first-order valence-electron chi connectivity index (χ1n) is 12.8. The number of nitrogens with zero attached hydrogens (tertiary/aromatic N) is 3. The highest BCUT2D eigenvalue weighted by molar-refractivity contribution is 6.34. The summed E-state index contributed by atoms with van der Waals surface area (Å²) in [5.74, 6) is 1.10. The number of methoxy groups -OCH3 is 2. The summed E-state index contributed by atoms with van der Waals surface area (Å²) < 4.78 is 11.0. The second-order valence-corrected chi connectivity index (χ2v) is 9.80. The van der Waals surface area contributed by atoms with Gasteiger partial charge in [0, 0.05) is 54.5 Å². The van der Waals surface area contributed by atoms with Crippen molar-refractivity contribution in [3.05, 3.63) is 99.2 Å². The van der Waals surface area contributed by atoms with Crippen LogP contribution >= 0.6 is 11.6 Å². The Labute approximate surface area is 237 Å². The van der Waals surface area contributed by atoms with Crippen LogP contribution in [0.5, 0.6) is 11.5 Å². The summed E-state index contributed by atoms with van der Waals surface area (Å²) in [4.78, 5) is 30.5. The predicted molar refractivity (Wildman–Crippen MR) is 156 cm³/mol. The number of nitrogens with one attached hydrogen (secondary N) is 1. The Bertz CT molecular complexity index is 1510. The Hall–Kier alpha value is -4.37. The largest absolute Gasteiger partial charge is 0.497 e. The fourth-order valence-corrected chi connectivity index (χ4v) is 4.83. The maximum atomic E-state index is 13.6. The van der Waals surface area contributed by atoms with Gasteiger partial charge in [0.05, 0.1) is 40.9 Å². The van der Waals surface area contributed by atoms with Gasteiger partial charge in [0.2, 0.25) is 0 Å². The van der Waals surface area contributed by atoms with Crippen molar-refractivity contribution < 1.29 is 19.2 Å². The molecule has 4 rings (SSSR count). The number of rotatable bonds is 12. The molecular formula is C30H31ClN4O5. The second-order valence-electron chi connectivity index (χ2n) is 9.40. The summed E-state index contributed by atoms with van der Waals surface area (Å²) in [5, 5.41) is 15.7. The van der Waals surface area contributed by atoms with Crippen LogP contribution in [-0.4, -0.2) is 47.5 Å². The molecule has 3 aromatic carbocycles. The van der Waals surface area contributed by atoms with E-state index >= 15 is 0 Å². The molecule has 0 saturated heterocycles. The second kappa shape index (κ2) is 13.1. The van der Waals surface area contributed by atoms with Crippen LogP contribution in [0.25, 0.3) is 10.9 Å². The summed E-state index contributed by atoms with van der Waals surface area (Å²) in [5.41, 5.74) is 2.62. The molecule has 0 aliphatic heterocycles. The lowest BCUT2D eigenvalue weighted by Crippen LogP contribution is -2.32. The number of nitro groups is 1. The third-order valence-electron chi connectivity index (χ3n) is 6.62. The highest BCUT2D eigenvalue weighted by atomic mass is 35.5. The van der Waals surface area contributed by atoms with Crippen molar-refractivity contribution in [3.8, 4) is 11.5 Å². The van der Waals surface area contributed by atoms with Gasteiger partial charge in [-0.1, -0.05) is 35.9 Å². The van der Waals surface area contributed by atoms with Gasteiger partial charge in [-0.25, -0.2) is 0 Å². The highest BCUT2D eigenvalue weighted by Crippen LogP contribution is 2.29. The number of aromatic nitrogens is 1. The summed E-state index contributed by atoms with van der Waals surface area (Å²) in [6, 6.07) is 19.2. The number of carbonyl (C=O) groups is 1. The minimum absolute atomic E-state index is 0.0386. The molecule has 0 saturated carbocycles. The van der Waals surface area contributed by atoms with E-state index in [2.05, 4.69) is 17.2 Å². The van der Waals surface area contributed by atoms with Gasteiger partial charge >= 0.3 is 0 Å². The zero-order chi connectivity index (χ0) is 28.6.